The van der Waals surface area contributed by atoms with Gasteiger partial charge in [0.2, 0.25) is 0 Å². The Hall–Kier alpha value is -1.87. The highest BCUT2D eigenvalue weighted by atomic mass is 16.5. The maximum absolute atomic E-state index is 5.79. The number of hydrogen-bond acceptors (Lipinski definition) is 3. The molecular weight excluding hydrogens is 322 g/mol. The van der Waals surface area contributed by atoms with Crippen molar-refractivity contribution in [3.05, 3.63) is 48.2 Å². The first-order valence-electron chi connectivity index (χ1n) is 9.59. The van der Waals surface area contributed by atoms with Gasteiger partial charge < -0.3 is 9.47 Å². The third-order valence-corrected chi connectivity index (χ3v) is 3.86. The summed E-state index contributed by atoms with van der Waals surface area (Å²) in [6, 6.07) is 12.4. The van der Waals surface area contributed by atoms with Crippen molar-refractivity contribution in [2.75, 3.05) is 19.8 Å². The Labute approximate surface area is 158 Å². The van der Waals surface area contributed by atoms with Gasteiger partial charge in [-0.3, -0.25) is 4.98 Å². The summed E-state index contributed by atoms with van der Waals surface area (Å²) in [5, 5.41) is 0. The van der Waals surface area contributed by atoms with E-state index in [9.17, 15) is 0 Å². The van der Waals surface area contributed by atoms with E-state index in [2.05, 4.69) is 63.9 Å². The molecule has 0 fully saturated rings. The van der Waals surface area contributed by atoms with E-state index in [0.29, 0.717) is 12.5 Å². The first kappa shape index (κ1) is 20.4. The van der Waals surface area contributed by atoms with Crippen molar-refractivity contribution in [3.63, 3.8) is 0 Å². The van der Waals surface area contributed by atoms with Crippen LogP contribution in [-0.2, 0) is 11.2 Å². The van der Waals surface area contributed by atoms with Gasteiger partial charge in [0, 0.05) is 24.8 Å². The normalized spacial score (nSPS) is 11.8. The molecule has 3 heteroatoms. The fourth-order valence-electron chi connectivity index (χ4n) is 2.64. The van der Waals surface area contributed by atoms with Gasteiger partial charge >= 0.3 is 0 Å². The highest BCUT2D eigenvalue weighted by Gasteiger charge is 2.09. The minimum absolute atomic E-state index is 0.220. The number of hydrogen-bond donors (Lipinski definition) is 0. The van der Waals surface area contributed by atoms with E-state index in [1.165, 1.54) is 5.56 Å². The molecule has 0 unspecified atom stereocenters. The molecule has 0 aliphatic heterocycles. The van der Waals surface area contributed by atoms with Crippen LogP contribution in [0.2, 0.25) is 0 Å². The topological polar surface area (TPSA) is 31.4 Å². The second-order valence-corrected chi connectivity index (χ2v) is 8.49. The van der Waals surface area contributed by atoms with Crippen LogP contribution in [0.1, 0.15) is 46.6 Å². The molecule has 2 aromatic rings. The van der Waals surface area contributed by atoms with Crippen molar-refractivity contribution in [3.8, 4) is 17.0 Å². The Morgan fingerprint density at radius 2 is 1.69 bits per heavy atom. The molecule has 0 aliphatic rings. The summed E-state index contributed by atoms with van der Waals surface area (Å²) in [7, 11) is 0. The third-order valence-electron chi connectivity index (χ3n) is 3.86. The molecule has 0 atom stereocenters. The Morgan fingerprint density at radius 3 is 2.27 bits per heavy atom. The van der Waals surface area contributed by atoms with E-state index >= 15 is 0 Å². The molecule has 0 N–H and O–H groups in total. The molecule has 0 spiro atoms. The van der Waals surface area contributed by atoms with Gasteiger partial charge in [-0.15, -0.1) is 0 Å². The van der Waals surface area contributed by atoms with E-state index in [-0.39, 0.29) is 5.41 Å². The van der Waals surface area contributed by atoms with Gasteiger partial charge in [-0.25, -0.2) is 0 Å². The van der Waals surface area contributed by atoms with Gasteiger partial charge in [0.05, 0.1) is 18.9 Å². The fraction of sp³-hybridized carbons (Fsp3) is 0.522. The van der Waals surface area contributed by atoms with Gasteiger partial charge in [0.25, 0.3) is 0 Å². The lowest BCUT2D eigenvalue weighted by Crippen LogP contribution is -2.15. The minimum Gasteiger partial charge on any atom is -0.494 e. The maximum Gasteiger partial charge on any atom is 0.119 e. The SMILES string of the molecule is CC(C)Cc1ccc(-c2ccc(OCCCOCC(C)(C)C)cc2)nc1. The van der Waals surface area contributed by atoms with Gasteiger partial charge in [0.1, 0.15) is 5.75 Å². The fourth-order valence-corrected chi connectivity index (χ4v) is 2.64. The molecule has 0 bridgehead atoms. The van der Waals surface area contributed by atoms with E-state index < -0.39 is 0 Å². The number of rotatable bonds is 9. The van der Waals surface area contributed by atoms with Crippen molar-refractivity contribution in [1.29, 1.82) is 0 Å². The second-order valence-electron chi connectivity index (χ2n) is 8.49. The lowest BCUT2D eigenvalue weighted by atomic mass is 9.99. The highest BCUT2D eigenvalue weighted by Crippen LogP contribution is 2.21. The molecule has 0 radical (unpaired) electrons. The summed E-state index contributed by atoms with van der Waals surface area (Å²) in [6.45, 7) is 13.2. The molecule has 0 saturated heterocycles. The summed E-state index contributed by atoms with van der Waals surface area (Å²) >= 11 is 0. The van der Waals surface area contributed by atoms with Gasteiger partial charge in [-0.2, -0.15) is 0 Å². The smallest absolute Gasteiger partial charge is 0.119 e. The van der Waals surface area contributed by atoms with Crippen LogP contribution in [0.4, 0.5) is 0 Å². The first-order chi connectivity index (χ1) is 12.3. The molecule has 142 valence electrons. The maximum atomic E-state index is 5.79. The van der Waals surface area contributed by atoms with Crippen LogP contribution >= 0.6 is 0 Å². The van der Waals surface area contributed by atoms with Crippen LogP contribution in [0.15, 0.2) is 42.6 Å². The van der Waals surface area contributed by atoms with Crippen LogP contribution in [-0.4, -0.2) is 24.8 Å². The third kappa shape index (κ3) is 7.57. The summed E-state index contributed by atoms with van der Waals surface area (Å²) < 4.78 is 11.4. The van der Waals surface area contributed by atoms with Gasteiger partial charge in [0.15, 0.2) is 0 Å². The molecule has 0 saturated carbocycles. The van der Waals surface area contributed by atoms with Crippen molar-refractivity contribution in [1.82, 2.24) is 4.98 Å². The zero-order valence-electron chi connectivity index (χ0n) is 16.9. The average molecular weight is 356 g/mol. The summed E-state index contributed by atoms with van der Waals surface area (Å²) in [6.07, 6.45) is 3.95. The summed E-state index contributed by atoms with van der Waals surface area (Å²) in [5.41, 5.74) is 3.62. The number of pyridine rings is 1. The van der Waals surface area contributed by atoms with Crippen molar-refractivity contribution in [2.45, 2.75) is 47.5 Å². The van der Waals surface area contributed by atoms with Crippen LogP contribution in [0, 0.1) is 11.3 Å². The molecule has 1 heterocycles. The lowest BCUT2D eigenvalue weighted by Gasteiger charge is -2.17. The zero-order valence-corrected chi connectivity index (χ0v) is 16.9. The molecule has 0 aliphatic carbocycles. The molecule has 1 aromatic heterocycles. The predicted octanol–water partition coefficient (Wildman–Crippen LogP) is 5.78. The molecular formula is C23H33NO2. The van der Waals surface area contributed by atoms with E-state index in [0.717, 1.165) is 43.1 Å². The Morgan fingerprint density at radius 1 is 0.962 bits per heavy atom. The number of nitrogens with zero attached hydrogens (tertiary/aromatic N) is 1. The van der Waals surface area contributed by atoms with E-state index in [1.54, 1.807) is 0 Å². The van der Waals surface area contributed by atoms with E-state index in [4.69, 9.17) is 9.47 Å². The average Bonchev–Trinajstić information content (AvgIpc) is 2.58. The predicted molar refractivity (Wildman–Crippen MR) is 109 cm³/mol. The zero-order chi connectivity index (χ0) is 19.0. The van der Waals surface area contributed by atoms with Crippen LogP contribution in [0.3, 0.4) is 0 Å². The summed E-state index contributed by atoms with van der Waals surface area (Å²) in [4.78, 5) is 4.59. The van der Waals surface area contributed by atoms with Crippen molar-refractivity contribution < 1.29 is 9.47 Å². The molecule has 26 heavy (non-hydrogen) atoms. The lowest BCUT2D eigenvalue weighted by molar-refractivity contribution is 0.0634. The number of benzene rings is 1. The van der Waals surface area contributed by atoms with Crippen LogP contribution in [0.5, 0.6) is 5.75 Å². The second kappa shape index (κ2) is 9.72. The van der Waals surface area contributed by atoms with Crippen molar-refractivity contribution in [2.24, 2.45) is 11.3 Å². The molecule has 1 aromatic carbocycles. The minimum atomic E-state index is 0.220. The quantitative estimate of drug-likeness (QED) is 0.534. The van der Waals surface area contributed by atoms with Gasteiger partial charge in [-0.1, -0.05) is 40.7 Å². The highest BCUT2D eigenvalue weighted by molar-refractivity contribution is 5.60. The molecule has 2 rings (SSSR count). The monoisotopic (exact) mass is 355 g/mol. The Bertz CT molecular complexity index is 639. The Kier molecular flexibility index (Phi) is 7.65. The standard InChI is InChI=1S/C23H33NO2/c1-18(2)15-19-7-12-22(24-16-19)20-8-10-21(11-9-20)26-14-6-13-25-17-23(3,4)5/h7-12,16,18H,6,13-15,17H2,1-5H3. The van der Waals surface area contributed by atoms with Gasteiger partial charge in [-0.05, 0) is 53.6 Å². The van der Waals surface area contributed by atoms with Crippen LogP contribution in [0.25, 0.3) is 11.3 Å². The molecule has 0 amide bonds. The molecule has 3 nitrogen and oxygen atoms in total. The largest absolute Gasteiger partial charge is 0.494 e. The van der Waals surface area contributed by atoms with E-state index in [1.807, 2.05) is 18.3 Å². The number of aromatic nitrogens is 1. The number of ether oxygens (including phenoxy) is 2. The Balaban J connectivity index is 1.77. The first-order valence-corrected chi connectivity index (χ1v) is 9.59. The summed E-state index contributed by atoms with van der Waals surface area (Å²) in [5.74, 6) is 1.54. The van der Waals surface area contributed by atoms with Crippen molar-refractivity contribution >= 4 is 0 Å². The van der Waals surface area contributed by atoms with Crippen LogP contribution < -0.4 is 4.74 Å².